The summed E-state index contributed by atoms with van der Waals surface area (Å²) in [4.78, 5) is 22.6. The number of hydrogen-bond acceptors (Lipinski definition) is 9. The Hall–Kier alpha value is -3.53. The van der Waals surface area contributed by atoms with Gasteiger partial charge in [0.1, 0.15) is 18.1 Å². The molecule has 0 saturated heterocycles. The van der Waals surface area contributed by atoms with Gasteiger partial charge in [0.05, 0.1) is 17.5 Å². The molecule has 12 heteroatoms. The average molecular weight is 573 g/mol. The molecule has 0 spiro atoms. The molecule has 1 aliphatic heterocycles. The minimum Gasteiger partial charge on any atom is -0.416 e. The highest BCUT2D eigenvalue weighted by Gasteiger charge is 2.44. The van der Waals surface area contributed by atoms with Gasteiger partial charge in [-0.1, -0.05) is 27.7 Å². The number of fused-ring (bicyclic) bond motifs is 1. The van der Waals surface area contributed by atoms with Crippen molar-refractivity contribution < 1.29 is 14.0 Å². The van der Waals surface area contributed by atoms with Gasteiger partial charge in [0.15, 0.2) is 8.32 Å². The van der Waals surface area contributed by atoms with Crippen molar-refractivity contribution in [3.8, 4) is 17.3 Å². The van der Waals surface area contributed by atoms with E-state index in [-0.39, 0.29) is 5.04 Å². The van der Waals surface area contributed by atoms with E-state index in [1.54, 1.807) is 19.5 Å². The fraction of sp³-hybridized carbons (Fsp3) is 0.483. The zero-order valence-corrected chi connectivity index (χ0v) is 26.1. The van der Waals surface area contributed by atoms with Gasteiger partial charge in [-0.25, -0.2) is 14.6 Å². The van der Waals surface area contributed by atoms with Crippen LogP contribution in [0.5, 0.6) is 0 Å². The van der Waals surface area contributed by atoms with Gasteiger partial charge in [-0.2, -0.15) is 10.4 Å². The summed E-state index contributed by atoms with van der Waals surface area (Å²) in [5, 5.41) is 17.9. The summed E-state index contributed by atoms with van der Waals surface area (Å²) in [6, 6.07) is 9.96. The van der Waals surface area contributed by atoms with Crippen molar-refractivity contribution in [3.63, 3.8) is 0 Å². The van der Waals surface area contributed by atoms with Gasteiger partial charge in [0.2, 0.25) is 5.95 Å². The molecule has 1 atom stereocenters. The first-order valence-electron chi connectivity index (χ1n) is 13.8. The van der Waals surface area contributed by atoms with E-state index in [1.165, 1.54) is 7.41 Å². The number of aromatic nitrogens is 4. The molecule has 10 nitrogen and oxygen atoms in total. The van der Waals surface area contributed by atoms with Crippen LogP contribution in [0.2, 0.25) is 18.1 Å². The Labute approximate surface area is 244 Å². The number of nitrogens with one attached hydrogen (secondary N) is 1. The van der Waals surface area contributed by atoms with Crippen LogP contribution in [0.3, 0.4) is 0 Å². The second-order valence-corrected chi connectivity index (χ2v) is 17.0. The molecule has 0 fully saturated rings. The molecule has 1 unspecified atom stereocenters. The Balaban J connectivity index is 1.69. The molecular formula is C29H39BN7O3Si. The maximum atomic E-state index is 11.5. The highest BCUT2D eigenvalue weighted by atomic mass is 28.4. The van der Waals surface area contributed by atoms with Crippen LogP contribution in [-0.2, 0) is 25.9 Å². The summed E-state index contributed by atoms with van der Waals surface area (Å²) >= 11 is 0. The van der Waals surface area contributed by atoms with E-state index in [9.17, 15) is 10.1 Å². The van der Waals surface area contributed by atoms with Gasteiger partial charge in [-0.05, 0) is 48.3 Å². The van der Waals surface area contributed by atoms with Crippen molar-refractivity contribution in [2.45, 2.75) is 64.2 Å². The second kappa shape index (κ2) is 12.1. The Morgan fingerprint density at radius 1 is 1.27 bits per heavy atom. The Kier molecular flexibility index (Phi) is 9.01. The van der Waals surface area contributed by atoms with E-state index >= 15 is 0 Å². The van der Waals surface area contributed by atoms with Gasteiger partial charge in [-0.3, -0.25) is 0 Å². The van der Waals surface area contributed by atoms with Crippen LogP contribution in [-0.4, -0.2) is 68.5 Å². The topological polar surface area (TPSA) is 118 Å². The van der Waals surface area contributed by atoms with E-state index in [1.807, 2.05) is 27.7 Å². The fourth-order valence-electron chi connectivity index (χ4n) is 4.73. The predicted molar refractivity (Wildman–Crippen MR) is 165 cm³/mol. The zero-order valence-electron chi connectivity index (χ0n) is 25.1. The largest absolute Gasteiger partial charge is 0.416 e. The normalized spacial score (nSPS) is 16.8. The zero-order chi connectivity index (χ0) is 29.8. The Morgan fingerprint density at radius 2 is 2.05 bits per heavy atom. The monoisotopic (exact) mass is 572 g/mol. The Bertz CT molecular complexity index is 1430. The number of rotatable bonds is 12. The highest BCUT2D eigenvalue weighted by Crippen LogP contribution is 2.46. The molecular weight excluding hydrogens is 533 g/mol. The lowest BCUT2D eigenvalue weighted by Crippen LogP contribution is -2.46. The molecule has 4 rings (SSSR count). The number of hydrogen-bond donors (Lipinski definition) is 1. The summed E-state index contributed by atoms with van der Waals surface area (Å²) < 4.78 is 13.7. The predicted octanol–water partition coefficient (Wildman–Crippen LogP) is 4.90. The summed E-state index contributed by atoms with van der Waals surface area (Å²) in [6.07, 6.45) is 5.02. The third-order valence-electron chi connectivity index (χ3n) is 8.11. The van der Waals surface area contributed by atoms with Crippen molar-refractivity contribution in [3.05, 3.63) is 47.8 Å². The lowest BCUT2D eigenvalue weighted by molar-refractivity contribution is 0.189. The van der Waals surface area contributed by atoms with Crippen LogP contribution >= 0.6 is 0 Å². The lowest BCUT2D eigenvalue weighted by Gasteiger charge is -2.39. The third-order valence-corrected chi connectivity index (χ3v) is 12.6. The van der Waals surface area contributed by atoms with Gasteiger partial charge in [-0.15, -0.1) is 0 Å². The van der Waals surface area contributed by atoms with Crippen LogP contribution < -0.4 is 10.1 Å². The van der Waals surface area contributed by atoms with Crippen LogP contribution in [0.4, 0.5) is 17.5 Å². The maximum absolute atomic E-state index is 11.5. The van der Waals surface area contributed by atoms with E-state index in [4.69, 9.17) is 14.1 Å². The molecule has 1 N–H and O–H groups in total. The third kappa shape index (κ3) is 6.53. The Morgan fingerprint density at radius 3 is 2.73 bits per heavy atom. The summed E-state index contributed by atoms with van der Waals surface area (Å²) in [6.45, 7) is 15.6. The molecule has 0 bridgehead atoms. The van der Waals surface area contributed by atoms with Crippen LogP contribution in [0.15, 0.2) is 36.7 Å². The number of nitrogens with zero attached hydrogens (tertiary/aromatic N) is 6. The SMILES string of the molecule is COCCCn1nccc1Nc1nccc(-c2cc(C#N)c3c(c2)C(C)(CO[Si](C)(C)C(C)(C)C)CN3[B]C=O)n1. The number of nitriles is 1. The standard InChI is InChI=1S/C29H39BN7O3Si/c1-28(2,3)41(6,7)40-19-29(4)18-36(30-20-38)26-22(17-31)15-21(16-23(26)29)24-9-11-32-27(34-24)35-25-10-12-33-37(25)13-8-14-39-5/h9-12,15-16,20H,8,13-14,18-19H2,1-7H3,(H,32,34,35). The summed E-state index contributed by atoms with van der Waals surface area (Å²) in [7, 11) is 1.14. The molecule has 41 heavy (non-hydrogen) atoms. The fourth-order valence-corrected chi connectivity index (χ4v) is 5.84. The first kappa shape index (κ1) is 30.4. The molecule has 215 valence electrons. The van der Waals surface area contributed by atoms with Gasteiger partial charge in [0, 0.05) is 62.3 Å². The number of methoxy groups -OCH3 is 1. The molecule has 0 aliphatic carbocycles. The van der Waals surface area contributed by atoms with Crippen LogP contribution in [0.1, 0.15) is 45.2 Å². The second-order valence-electron chi connectivity index (χ2n) is 12.2. The number of carbonyl (C=O) groups excluding carboxylic acids is 1. The van der Waals surface area contributed by atoms with E-state index in [0.717, 1.165) is 35.2 Å². The number of benzene rings is 1. The van der Waals surface area contributed by atoms with Crippen molar-refractivity contribution in [2.75, 3.05) is 37.0 Å². The molecule has 3 heterocycles. The molecule has 0 saturated carbocycles. The lowest BCUT2D eigenvalue weighted by atomic mass is 9.83. The summed E-state index contributed by atoms with van der Waals surface area (Å²) in [5.74, 6) is 1.20. The van der Waals surface area contributed by atoms with Gasteiger partial charge >= 0.3 is 7.41 Å². The summed E-state index contributed by atoms with van der Waals surface area (Å²) in [5.41, 5.74) is 3.23. The number of ether oxygens (including phenoxy) is 1. The minimum atomic E-state index is -2.04. The number of carbonyl (C=O) groups is 1. The van der Waals surface area contributed by atoms with Crippen molar-refractivity contribution >= 4 is 39.4 Å². The van der Waals surface area contributed by atoms with Crippen molar-refractivity contribution in [1.82, 2.24) is 19.7 Å². The maximum Gasteiger partial charge on any atom is 0.329 e. The van der Waals surface area contributed by atoms with E-state index in [2.05, 4.69) is 68.3 Å². The van der Waals surface area contributed by atoms with Crippen molar-refractivity contribution in [1.29, 1.82) is 5.26 Å². The first-order chi connectivity index (χ1) is 19.4. The average Bonchev–Trinajstić information content (AvgIpc) is 3.48. The first-order valence-corrected chi connectivity index (χ1v) is 16.7. The highest BCUT2D eigenvalue weighted by molar-refractivity contribution is 6.74. The smallest absolute Gasteiger partial charge is 0.329 e. The molecule has 1 aromatic carbocycles. The molecule has 0 amide bonds. The van der Waals surface area contributed by atoms with Crippen LogP contribution in [0, 0.1) is 11.3 Å². The van der Waals surface area contributed by atoms with Gasteiger partial charge < -0.3 is 24.1 Å². The molecule has 1 aliphatic rings. The molecule has 2 aromatic heterocycles. The molecule has 1 radical (unpaired) electrons. The van der Waals surface area contributed by atoms with E-state index in [0.29, 0.717) is 43.5 Å². The minimum absolute atomic E-state index is 0.0581. The van der Waals surface area contributed by atoms with Gasteiger partial charge in [0.25, 0.3) is 0 Å². The quantitative estimate of drug-likeness (QED) is 0.184. The molecule has 3 aromatic rings. The number of aryl methyl sites for hydroxylation is 1. The van der Waals surface area contributed by atoms with Crippen LogP contribution in [0.25, 0.3) is 11.3 Å². The van der Waals surface area contributed by atoms with Crippen molar-refractivity contribution in [2.24, 2.45) is 0 Å². The van der Waals surface area contributed by atoms with E-state index < -0.39 is 13.7 Å². The number of anilines is 3.